The Morgan fingerprint density at radius 2 is 2.11 bits per heavy atom. The number of unbranched alkanes of at least 4 members (excludes halogenated alkanes) is 1. The molecular formula is C16H26N2. The van der Waals surface area contributed by atoms with E-state index < -0.39 is 0 Å². The van der Waals surface area contributed by atoms with Gasteiger partial charge in [0.15, 0.2) is 0 Å². The molecule has 1 N–H and O–H groups in total. The lowest BCUT2D eigenvalue weighted by molar-refractivity contribution is 0.263. The van der Waals surface area contributed by atoms with Gasteiger partial charge in [0.2, 0.25) is 0 Å². The molecule has 1 aliphatic rings. The molecular weight excluding hydrogens is 220 g/mol. The second-order valence-corrected chi connectivity index (χ2v) is 5.35. The number of nitrogens with one attached hydrogen (secondary N) is 1. The van der Waals surface area contributed by atoms with Crippen LogP contribution in [0.4, 0.5) is 0 Å². The van der Waals surface area contributed by atoms with Gasteiger partial charge in [0.05, 0.1) is 0 Å². The van der Waals surface area contributed by atoms with Crippen LogP contribution >= 0.6 is 0 Å². The summed E-state index contributed by atoms with van der Waals surface area (Å²) >= 11 is 0. The van der Waals surface area contributed by atoms with Gasteiger partial charge in [0.25, 0.3) is 0 Å². The van der Waals surface area contributed by atoms with Crippen molar-refractivity contribution in [2.75, 3.05) is 26.2 Å². The molecule has 0 aromatic heterocycles. The van der Waals surface area contributed by atoms with E-state index in [9.17, 15) is 0 Å². The van der Waals surface area contributed by atoms with Crippen LogP contribution in [0.15, 0.2) is 30.3 Å². The van der Waals surface area contributed by atoms with E-state index >= 15 is 0 Å². The van der Waals surface area contributed by atoms with Crippen molar-refractivity contribution in [3.05, 3.63) is 35.9 Å². The van der Waals surface area contributed by atoms with Gasteiger partial charge >= 0.3 is 0 Å². The molecule has 1 saturated heterocycles. The summed E-state index contributed by atoms with van der Waals surface area (Å²) < 4.78 is 0. The topological polar surface area (TPSA) is 15.3 Å². The summed E-state index contributed by atoms with van der Waals surface area (Å²) in [6, 6.07) is 11.5. The minimum absolute atomic E-state index is 0.617. The first-order chi connectivity index (χ1) is 8.88. The Hall–Kier alpha value is -0.860. The zero-order valence-electron chi connectivity index (χ0n) is 11.6. The normalized spacial score (nSPS) is 21.7. The summed E-state index contributed by atoms with van der Waals surface area (Å²) in [6.07, 6.45) is 5.07. The summed E-state index contributed by atoms with van der Waals surface area (Å²) in [6.45, 7) is 7.17. The highest BCUT2D eigenvalue weighted by Crippen LogP contribution is 2.08. The van der Waals surface area contributed by atoms with E-state index in [1.807, 2.05) is 0 Å². The van der Waals surface area contributed by atoms with E-state index in [0.29, 0.717) is 6.04 Å². The molecule has 1 aliphatic heterocycles. The first-order valence-corrected chi connectivity index (χ1v) is 7.38. The van der Waals surface area contributed by atoms with Crippen molar-refractivity contribution >= 4 is 0 Å². The van der Waals surface area contributed by atoms with Crippen molar-refractivity contribution in [1.29, 1.82) is 0 Å². The van der Waals surface area contributed by atoms with E-state index in [-0.39, 0.29) is 0 Å². The van der Waals surface area contributed by atoms with E-state index in [4.69, 9.17) is 0 Å². The van der Waals surface area contributed by atoms with Crippen LogP contribution in [-0.4, -0.2) is 37.1 Å². The van der Waals surface area contributed by atoms with E-state index in [1.54, 1.807) is 0 Å². The number of hydrogen-bond acceptors (Lipinski definition) is 2. The predicted octanol–water partition coefficient (Wildman–Crippen LogP) is 2.69. The molecule has 0 aliphatic carbocycles. The minimum atomic E-state index is 0.617. The molecule has 1 aromatic rings. The molecule has 18 heavy (non-hydrogen) atoms. The van der Waals surface area contributed by atoms with E-state index in [1.165, 1.54) is 51.0 Å². The van der Waals surface area contributed by atoms with Crippen LogP contribution in [0.25, 0.3) is 0 Å². The molecule has 0 amide bonds. The van der Waals surface area contributed by atoms with Gasteiger partial charge < -0.3 is 10.2 Å². The number of benzene rings is 1. The largest absolute Gasteiger partial charge is 0.312 e. The molecule has 1 aromatic carbocycles. The van der Waals surface area contributed by atoms with E-state index in [0.717, 1.165) is 6.42 Å². The Kier molecular flexibility index (Phi) is 5.69. The van der Waals surface area contributed by atoms with Crippen molar-refractivity contribution in [2.24, 2.45) is 0 Å². The van der Waals surface area contributed by atoms with Gasteiger partial charge in [0, 0.05) is 12.6 Å². The molecule has 2 nitrogen and oxygen atoms in total. The van der Waals surface area contributed by atoms with Gasteiger partial charge in [-0.3, -0.25) is 0 Å². The Morgan fingerprint density at radius 1 is 1.28 bits per heavy atom. The number of nitrogens with zero attached hydrogens (tertiary/aromatic N) is 1. The van der Waals surface area contributed by atoms with Crippen molar-refractivity contribution in [2.45, 2.75) is 38.6 Å². The highest BCUT2D eigenvalue weighted by Gasteiger charge is 2.17. The van der Waals surface area contributed by atoms with Crippen molar-refractivity contribution in [3.63, 3.8) is 0 Å². The maximum Gasteiger partial charge on any atom is 0.0235 e. The Morgan fingerprint density at radius 3 is 2.89 bits per heavy atom. The van der Waals surface area contributed by atoms with Crippen LogP contribution in [0.2, 0.25) is 0 Å². The summed E-state index contributed by atoms with van der Waals surface area (Å²) in [5.74, 6) is 0. The minimum Gasteiger partial charge on any atom is -0.312 e. The fraction of sp³-hybridized carbons (Fsp3) is 0.625. The van der Waals surface area contributed by atoms with Gasteiger partial charge in [-0.15, -0.1) is 0 Å². The zero-order valence-corrected chi connectivity index (χ0v) is 11.6. The quantitative estimate of drug-likeness (QED) is 0.859. The third-order valence-electron chi connectivity index (χ3n) is 3.72. The van der Waals surface area contributed by atoms with Crippen LogP contribution in [0.3, 0.4) is 0 Å². The van der Waals surface area contributed by atoms with Gasteiger partial charge in [0.1, 0.15) is 0 Å². The zero-order chi connectivity index (χ0) is 12.6. The van der Waals surface area contributed by atoms with Crippen LogP contribution in [0, 0.1) is 0 Å². The number of rotatable bonds is 5. The van der Waals surface area contributed by atoms with Gasteiger partial charge in [-0.2, -0.15) is 0 Å². The molecule has 0 radical (unpaired) electrons. The second-order valence-electron chi connectivity index (χ2n) is 5.35. The average Bonchev–Trinajstić information content (AvgIpc) is 2.63. The molecule has 2 rings (SSSR count). The van der Waals surface area contributed by atoms with Gasteiger partial charge in [-0.1, -0.05) is 43.7 Å². The van der Waals surface area contributed by atoms with Crippen LogP contribution < -0.4 is 5.32 Å². The maximum atomic E-state index is 3.69. The molecule has 0 spiro atoms. The molecule has 0 bridgehead atoms. The summed E-state index contributed by atoms with van der Waals surface area (Å²) in [4.78, 5) is 2.64. The van der Waals surface area contributed by atoms with E-state index in [2.05, 4.69) is 47.5 Å². The smallest absolute Gasteiger partial charge is 0.0235 e. The highest BCUT2D eigenvalue weighted by atomic mass is 15.2. The molecule has 2 heteroatoms. The lowest BCUT2D eigenvalue weighted by atomic mass is 10.1. The Labute approximate surface area is 111 Å². The third kappa shape index (κ3) is 4.43. The first-order valence-electron chi connectivity index (χ1n) is 7.38. The van der Waals surface area contributed by atoms with Crippen molar-refractivity contribution < 1.29 is 0 Å². The van der Waals surface area contributed by atoms with Crippen LogP contribution in [0.1, 0.15) is 31.7 Å². The lowest BCUT2D eigenvalue weighted by Crippen LogP contribution is -2.39. The molecule has 1 atom stereocenters. The van der Waals surface area contributed by atoms with Crippen LogP contribution in [-0.2, 0) is 6.42 Å². The predicted molar refractivity (Wildman–Crippen MR) is 77.9 cm³/mol. The third-order valence-corrected chi connectivity index (χ3v) is 3.72. The van der Waals surface area contributed by atoms with Crippen LogP contribution in [0.5, 0.6) is 0 Å². The van der Waals surface area contributed by atoms with Gasteiger partial charge in [-0.05, 0) is 44.5 Å². The Balaban J connectivity index is 1.86. The molecule has 100 valence electrons. The fourth-order valence-corrected chi connectivity index (χ4v) is 2.70. The van der Waals surface area contributed by atoms with Gasteiger partial charge in [-0.25, -0.2) is 0 Å². The second kappa shape index (κ2) is 7.55. The van der Waals surface area contributed by atoms with Crippen molar-refractivity contribution in [1.82, 2.24) is 10.2 Å². The molecule has 1 heterocycles. The summed E-state index contributed by atoms with van der Waals surface area (Å²) in [7, 11) is 0. The molecule has 0 saturated carbocycles. The molecule has 1 unspecified atom stereocenters. The number of hydrogen-bond donors (Lipinski definition) is 1. The summed E-state index contributed by atoms with van der Waals surface area (Å²) in [5.41, 5.74) is 1.45. The van der Waals surface area contributed by atoms with Crippen molar-refractivity contribution in [3.8, 4) is 0 Å². The summed E-state index contributed by atoms with van der Waals surface area (Å²) in [5, 5.41) is 3.69. The Bertz CT molecular complexity index is 323. The SMILES string of the molecule is CCCCN1CCCNC(Cc2ccccc2)C1. The maximum absolute atomic E-state index is 3.69. The monoisotopic (exact) mass is 246 g/mol. The fourth-order valence-electron chi connectivity index (χ4n) is 2.70. The standard InChI is InChI=1S/C16H26N2/c1-2-3-11-18-12-7-10-17-16(14-18)13-15-8-5-4-6-9-15/h4-6,8-9,16-17H,2-3,7,10-14H2,1H3. The lowest BCUT2D eigenvalue weighted by Gasteiger charge is -2.24. The molecule has 1 fully saturated rings. The first kappa shape index (κ1) is 13.6. The highest BCUT2D eigenvalue weighted by molar-refractivity contribution is 5.16. The average molecular weight is 246 g/mol.